The molecule has 0 saturated carbocycles. The van der Waals surface area contributed by atoms with Gasteiger partial charge in [-0.1, -0.05) is 11.6 Å². The first-order chi connectivity index (χ1) is 12.2. The first-order valence-corrected chi connectivity index (χ1v) is 10.2. The summed E-state index contributed by atoms with van der Waals surface area (Å²) in [6, 6.07) is 4.60. The topological polar surface area (TPSA) is 71.5 Å². The Balaban J connectivity index is 2.22. The zero-order valence-corrected chi connectivity index (χ0v) is 17.3. The summed E-state index contributed by atoms with van der Waals surface area (Å²) < 4.78 is 47.1. The summed E-state index contributed by atoms with van der Waals surface area (Å²) in [4.78, 5) is 5.82. The van der Waals surface area contributed by atoms with Crippen molar-refractivity contribution < 1.29 is 17.5 Å². The highest BCUT2D eigenvalue weighted by molar-refractivity contribution is 9.10. The van der Waals surface area contributed by atoms with Crippen molar-refractivity contribution in [2.75, 3.05) is 32.0 Å². The SMILES string of the molecule is CN(C)CCCOc1ncc(Br)cc1NS(=O)(=O)c1cc(F)cc(Cl)c1. The van der Waals surface area contributed by atoms with Crippen LogP contribution >= 0.6 is 27.5 Å². The number of nitrogens with zero attached hydrogens (tertiary/aromatic N) is 2. The molecule has 0 spiro atoms. The van der Waals surface area contributed by atoms with Gasteiger partial charge in [-0.3, -0.25) is 4.72 Å². The lowest BCUT2D eigenvalue weighted by Gasteiger charge is -2.14. The van der Waals surface area contributed by atoms with E-state index in [4.69, 9.17) is 16.3 Å². The Hall–Kier alpha value is -1.42. The molecule has 0 aliphatic heterocycles. The second-order valence-corrected chi connectivity index (χ2v) is 8.76. The Labute approximate surface area is 165 Å². The maximum absolute atomic E-state index is 13.5. The number of rotatable bonds is 8. The zero-order valence-electron chi connectivity index (χ0n) is 14.2. The van der Waals surface area contributed by atoms with E-state index in [2.05, 4.69) is 25.6 Å². The number of sulfonamides is 1. The minimum atomic E-state index is -4.07. The first kappa shape index (κ1) is 20.9. The van der Waals surface area contributed by atoms with Crippen molar-refractivity contribution in [2.45, 2.75) is 11.3 Å². The van der Waals surface area contributed by atoms with Gasteiger partial charge in [0.05, 0.1) is 11.5 Å². The van der Waals surface area contributed by atoms with Crippen LogP contribution in [0, 0.1) is 5.82 Å². The van der Waals surface area contributed by atoms with E-state index in [1.54, 1.807) is 0 Å². The summed E-state index contributed by atoms with van der Waals surface area (Å²) in [6.45, 7) is 1.19. The van der Waals surface area contributed by atoms with Crippen LogP contribution in [0.15, 0.2) is 39.8 Å². The second-order valence-electron chi connectivity index (χ2n) is 5.72. The van der Waals surface area contributed by atoms with Gasteiger partial charge in [-0.25, -0.2) is 17.8 Å². The molecule has 0 aliphatic rings. The zero-order chi connectivity index (χ0) is 19.3. The van der Waals surface area contributed by atoms with Crippen LogP contribution in [0.25, 0.3) is 0 Å². The molecule has 1 N–H and O–H groups in total. The van der Waals surface area contributed by atoms with E-state index >= 15 is 0 Å². The van der Waals surface area contributed by atoms with E-state index in [0.29, 0.717) is 11.1 Å². The van der Waals surface area contributed by atoms with Crippen LogP contribution in [0.4, 0.5) is 10.1 Å². The normalized spacial score (nSPS) is 11.6. The number of aromatic nitrogens is 1. The average Bonchev–Trinajstić information content (AvgIpc) is 2.51. The molecule has 0 saturated heterocycles. The standard InChI is InChI=1S/C16H18BrClFN3O3S/c1-22(2)4-3-5-25-16-15(6-11(17)10-20-16)21-26(23,24)14-8-12(18)7-13(19)9-14/h6-10,21H,3-5H2,1-2H3. The minimum Gasteiger partial charge on any atom is -0.476 e. The molecule has 2 rings (SSSR count). The van der Waals surface area contributed by atoms with Crippen LogP contribution in [-0.2, 0) is 10.0 Å². The van der Waals surface area contributed by atoms with Crippen LogP contribution in [0.3, 0.4) is 0 Å². The maximum atomic E-state index is 13.5. The predicted octanol–water partition coefficient (Wildman–Crippen LogP) is 3.77. The van der Waals surface area contributed by atoms with Gasteiger partial charge < -0.3 is 9.64 Å². The molecule has 0 radical (unpaired) electrons. The van der Waals surface area contributed by atoms with Crippen LogP contribution in [0.1, 0.15) is 6.42 Å². The predicted molar refractivity (Wildman–Crippen MR) is 103 cm³/mol. The Morgan fingerprint density at radius 2 is 2.04 bits per heavy atom. The highest BCUT2D eigenvalue weighted by Gasteiger charge is 2.19. The van der Waals surface area contributed by atoms with E-state index < -0.39 is 15.8 Å². The number of hydrogen-bond donors (Lipinski definition) is 1. The van der Waals surface area contributed by atoms with Gasteiger partial charge in [-0.05, 0) is 60.7 Å². The van der Waals surface area contributed by atoms with Crippen molar-refractivity contribution in [3.05, 3.63) is 45.8 Å². The lowest BCUT2D eigenvalue weighted by Crippen LogP contribution is -2.17. The minimum absolute atomic E-state index is 0.0158. The first-order valence-electron chi connectivity index (χ1n) is 7.59. The molecule has 26 heavy (non-hydrogen) atoms. The number of hydrogen-bond acceptors (Lipinski definition) is 5. The molecule has 0 amide bonds. The molecule has 10 heteroatoms. The molecular formula is C16H18BrClFN3O3S. The Morgan fingerprint density at radius 3 is 2.69 bits per heavy atom. The number of halogens is 3. The Morgan fingerprint density at radius 1 is 1.31 bits per heavy atom. The number of nitrogens with one attached hydrogen (secondary N) is 1. The average molecular weight is 467 g/mol. The summed E-state index contributed by atoms with van der Waals surface area (Å²) in [7, 11) is -0.173. The van der Waals surface area contributed by atoms with Gasteiger partial charge in [-0.2, -0.15) is 0 Å². The van der Waals surface area contributed by atoms with Crippen molar-refractivity contribution >= 4 is 43.2 Å². The molecule has 0 bridgehead atoms. The Bertz CT molecular complexity index is 861. The molecular weight excluding hydrogens is 449 g/mol. The number of anilines is 1. The summed E-state index contributed by atoms with van der Waals surface area (Å²) >= 11 is 8.99. The summed E-state index contributed by atoms with van der Waals surface area (Å²) in [5, 5.41) is -0.0158. The van der Waals surface area contributed by atoms with Crippen LogP contribution in [0.5, 0.6) is 5.88 Å². The second kappa shape index (κ2) is 8.98. The third-order valence-electron chi connectivity index (χ3n) is 3.20. The number of benzene rings is 1. The molecule has 1 aromatic heterocycles. The van der Waals surface area contributed by atoms with Gasteiger partial charge in [0, 0.05) is 22.2 Å². The monoisotopic (exact) mass is 465 g/mol. The van der Waals surface area contributed by atoms with Gasteiger partial charge in [0.1, 0.15) is 11.5 Å². The van der Waals surface area contributed by atoms with Gasteiger partial charge in [0.25, 0.3) is 10.0 Å². The van der Waals surface area contributed by atoms with Gasteiger partial charge in [0.15, 0.2) is 0 Å². The number of pyridine rings is 1. The molecule has 1 heterocycles. The van der Waals surface area contributed by atoms with Gasteiger partial charge >= 0.3 is 0 Å². The maximum Gasteiger partial charge on any atom is 0.262 e. The van der Waals surface area contributed by atoms with Crippen LogP contribution < -0.4 is 9.46 Å². The molecule has 0 aliphatic carbocycles. The fourth-order valence-electron chi connectivity index (χ4n) is 2.05. The largest absolute Gasteiger partial charge is 0.476 e. The fourth-order valence-corrected chi connectivity index (χ4v) is 3.77. The quantitative estimate of drug-likeness (QED) is 0.600. The molecule has 2 aromatic rings. The lowest BCUT2D eigenvalue weighted by atomic mass is 10.3. The van der Waals surface area contributed by atoms with E-state index in [1.165, 1.54) is 12.3 Å². The fraction of sp³-hybridized carbons (Fsp3) is 0.312. The van der Waals surface area contributed by atoms with Crippen molar-refractivity contribution in [3.63, 3.8) is 0 Å². The highest BCUT2D eigenvalue weighted by Crippen LogP contribution is 2.29. The Kier molecular flexibility index (Phi) is 7.22. The molecule has 6 nitrogen and oxygen atoms in total. The van der Waals surface area contributed by atoms with Gasteiger partial charge in [0.2, 0.25) is 5.88 Å². The molecule has 1 aromatic carbocycles. The number of ether oxygens (including phenoxy) is 1. The van der Waals surface area contributed by atoms with E-state index in [1.807, 2.05) is 19.0 Å². The van der Waals surface area contributed by atoms with Gasteiger partial charge in [-0.15, -0.1) is 0 Å². The molecule has 0 unspecified atom stereocenters. The summed E-state index contributed by atoms with van der Waals surface area (Å²) in [6.07, 6.45) is 2.24. The summed E-state index contributed by atoms with van der Waals surface area (Å²) in [5.74, 6) is -0.608. The van der Waals surface area contributed by atoms with E-state index in [-0.39, 0.29) is 21.5 Å². The lowest BCUT2D eigenvalue weighted by molar-refractivity contribution is 0.274. The summed E-state index contributed by atoms with van der Waals surface area (Å²) in [5.41, 5.74) is 0.143. The molecule has 0 fully saturated rings. The third-order valence-corrected chi connectivity index (χ3v) is 5.19. The molecule has 0 atom stereocenters. The molecule has 142 valence electrons. The smallest absolute Gasteiger partial charge is 0.262 e. The van der Waals surface area contributed by atoms with Crippen molar-refractivity contribution in [3.8, 4) is 5.88 Å². The van der Waals surface area contributed by atoms with Crippen LogP contribution in [-0.4, -0.2) is 45.5 Å². The third kappa shape index (κ3) is 6.08. The van der Waals surface area contributed by atoms with Crippen molar-refractivity contribution in [2.24, 2.45) is 0 Å². The van der Waals surface area contributed by atoms with Crippen LogP contribution in [0.2, 0.25) is 5.02 Å². The highest BCUT2D eigenvalue weighted by atomic mass is 79.9. The van der Waals surface area contributed by atoms with Crippen molar-refractivity contribution in [1.82, 2.24) is 9.88 Å². The van der Waals surface area contributed by atoms with Crippen molar-refractivity contribution in [1.29, 1.82) is 0 Å². The van der Waals surface area contributed by atoms with E-state index in [0.717, 1.165) is 31.2 Å². The van der Waals surface area contributed by atoms with E-state index in [9.17, 15) is 12.8 Å².